The predicted octanol–water partition coefficient (Wildman–Crippen LogP) is 3.79. The predicted molar refractivity (Wildman–Crippen MR) is 83.8 cm³/mol. The lowest BCUT2D eigenvalue weighted by atomic mass is 10.0. The van der Waals surface area contributed by atoms with Gasteiger partial charge in [0.1, 0.15) is 0 Å². The van der Waals surface area contributed by atoms with Crippen LogP contribution in [-0.2, 0) is 4.74 Å². The first-order chi connectivity index (χ1) is 10.3. The van der Waals surface area contributed by atoms with Gasteiger partial charge in [0.15, 0.2) is 11.9 Å². The van der Waals surface area contributed by atoms with E-state index in [4.69, 9.17) is 4.74 Å². The zero-order valence-electron chi connectivity index (χ0n) is 11.9. The molecule has 2 aromatic rings. The van der Waals surface area contributed by atoms with E-state index in [0.29, 0.717) is 11.5 Å². The van der Waals surface area contributed by atoms with Gasteiger partial charge in [-0.1, -0.05) is 55.5 Å². The number of hydrogen-bond donors (Lipinski definition) is 0. The molecule has 1 unspecified atom stereocenters. The van der Waals surface area contributed by atoms with E-state index < -0.39 is 0 Å². The molecule has 3 nitrogen and oxygen atoms in total. The molecule has 3 heteroatoms. The van der Waals surface area contributed by atoms with E-state index in [1.54, 1.807) is 0 Å². The summed E-state index contributed by atoms with van der Waals surface area (Å²) in [5.41, 5.74) is 2.49. The second-order valence-corrected chi connectivity index (χ2v) is 4.95. The first kappa shape index (κ1) is 13.4. The Balaban J connectivity index is 2.05. The SMILES string of the molecule is CCC1OC(c2ccccc2)=C[N+]([O-])=C1c1ccccc1. The van der Waals surface area contributed by atoms with E-state index in [1.807, 2.05) is 67.6 Å². The van der Waals surface area contributed by atoms with Gasteiger partial charge >= 0.3 is 0 Å². The molecule has 0 saturated carbocycles. The Labute approximate surface area is 124 Å². The second-order valence-electron chi connectivity index (χ2n) is 4.95. The van der Waals surface area contributed by atoms with Gasteiger partial charge in [-0.05, 0) is 18.6 Å². The zero-order valence-corrected chi connectivity index (χ0v) is 11.9. The van der Waals surface area contributed by atoms with Crippen LogP contribution in [-0.4, -0.2) is 16.6 Å². The van der Waals surface area contributed by atoms with Gasteiger partial charge in [-0.25, -0.2) is 0 Å². The lowest BCUT2D eigenvalue weighted by Crippen LogP contribution is -2.33. The van der Waals surface area contributed by atoms with Crippen LogP contribution in [0.5, 0.6) is 0 Å². The van der Waals surface area contributed by atoms with Gasteiger partial charge in [-0.3, -0.25) is 0 Å². The smallest absolute Gasteiger partial charge is 0.240 e. The molecule has 0 radical (unpaired) electrons. The highest BCUT2D eigenvalue weighted by Crippen LogP contribution is 2.25. The summed E-state index contributed by atoms with van der Waals surface area (Å²) < 4.78 is 6.98. The standard InChI is InChI=1S/C18H17NO2/c1-2-16-18(15-11-7-4-8-12-15)19(20)13-17(21-16)14-9-5-3-6-10-14/h3-13,16H,2H2,1H3. The summed E-state index contributed by atoms with van der Waals surface area (Å²) in [5.74, 6) is 0.622. The van der Waals surface area contributed by atoms with Crippen LogP contribution < -0.4 is 0 Å². The molecule has 0 aromatic heterocycles. The third-order valence-electron chi connectivity index (χ3n) is 3.54. The third-order valence-corrected chi connectivity index (χ3v) is 3.54. The molecule has 21 heavy (non-hydrogen) atoms. The fraction of sp³-hybridized carbons (Fsp3) is 0.167. The van der Waals surface area contributed by atoms with Gasteiger partial charge in [0, 0.05) is 11.1 Å². The van der Waals surface area contributed by atoms with Crippen LogP contribution >= 0.6 is 0 Å². The molecule has 0 fully saturated rings. The lowest BCUT2D eigenvalue weighted by molar-refractivity contribution is -0.386. The summed E-state index contributed by atoms with van der Waals surface area (Å²) >= 11 is 0. The molecule has 0 aliphatic carbocycles. The molecule has 1 heterocycles. The fourth-order valence-electron chi connectivity index (χ4n) is 2.50. The van der Waals surface area contributed by atoms with Crippen molar-refractivity contribution in [2.45, 2.75) is 19.4 Å². The maximum absolute atomic E-state index is 12.5. The first-order valence-corrected chi connectivity index (χ1v) is 7.12. The van der Waals surface area contributed by atoms with E-state index >= 15 is 0 Å². The monoisotopic (exact) mass is 279 g/mol. The van der Waals surface area contributed by atoms with Crippen molar-refractivity contribution >= 4 is 11.5 Å². The molecule has 3 rings (SSSR count). The number of nitrogens with zero attached hydrogens (tertiary/aromatic N) is 1. The van der Waals surface area contributed by atoms with Crippen molar-refractivity contribution in [3.63, 3.8) is 0 Å². The minimum atomic E-state index is -0.231. The molecule has 0 bridgehead atoms. The van der Waals surface area contributed by atoms with Gasteiger partial charge in [-0.15, -0.1) is 0 Å². The van der Waals surface area contributed by atoms with Crippen LogP contribution in [0, 0.1) is 5.21 Å². The van der Waals surface area contributed by atoms with Crippen LogP contribution in [0.25, 0.3) is 5.76 Å². The van der Waals surface area contributed by atoms with Gasteiger partial charge in [-0.2, -0.15) is 4.74 Å². The number of hydrogen-bond acceptors (Lipinski definition) is 2. The first-order valence-electron chi connectivity index (χ1n) is 7.12. The van der Waals surface area contributed by atoms with Gasteiger partial charge in [0.05, 0.1) is 0 Å². The van der Waals surface area contributed by atoms with E-state index in [9.17, 15) is 5.21 Å². The van der Waals surface area contributed by atoms with Crippen LogP contribution in [0.15, 0.2) is 66.9 Å². The lowest BCUT2D eigenvalue weighted by Gasteiger charge is -2.24. The molecular formula is C18H17NO2. The molecule has 0 saturated heterocycles. The van der Waals surface area contributed by atoms with Crippen molar-refractivity contribution < 1.29 is 9.48 Å². The minimum Gasteiger partial charge on any atom is -0.618 e. The van der Waals surface area contributed by atoms with Gasteiger partial charge < -0.3 is 9.94 Å². The second kappa shape index (κ2) is 5.83. The van der Waals surface area contributed by atoms with Crippen molar-refractivity contribution in [3.8, 4) is 0 Å². The van der Waals surface area contributed by atoms with Crippen molar-refractivity contribution in [3.05, 3.63) is 83.2 Å². The third kappa shape index (κ3) is 2.68. The fourth-order valence-corrected chi connectivity index (χ4v) is 2.50. The summed E-state index contributed by atoms with van der Waals surface area (Å²) in [5, 5.41) is 12.5. The van der Waals surface area contributed by atoms with E-state index in [1.165, 1.54) is 6.20 Å². The Bertz CT molecular complexity index is 675. The molecule has 0 N–H and O–H groups in total. The topological polar surface area (TPSA) is 35.3 Å². The maximum Gasteiger partial charge on any atom is 0.240 e. The average molecular weight is 279 g/mol. The number of ether oxygens (including phenoxy) is 1. The summed E-state index contributed by atoms with van der Waals surface area (Å²) in [6.45, 7) is 2.02. The van der Waals surface area contributed by atoms with Crippen LogP contribution in [0.4, 0.5) is 0 Å². The number of rotatable bonds is 3. The molecule has 0 spiro atoms. The van der Waals surface area contributed by atoms with Crippen LogP contribution in [0.2, 0.25) is 0 Å². The highest BCUT2D eigenvalue weighted by molar-refractivity contribution is 6.01. The zero-order chi connectivity index (χ0) is 14.7. The van der Waals surface area contributed by atoms with Crippen molar-refractivity contribution in [2.24, 2.45) is 0 Å². The summed E-state index contributed by atoms with van der Waals surface area (Å²) in [6, 6.07) is 19.4. The molecule has 1 aliphatic rings. The molecule has 0 amide bonds. The highest BCUT2D eigenvalue weighted by Gasteiger charge is 2.30. The van der Waals surface area contributed by atoms with E-state index in [0.717, 1.165) is 22.3 Å². The van der Waals surface area contributed by atoms with Crippen LogP contribution in [0.3, 0.4) is 0 Å². The largest absolute Gasteiger partial charge is 0.618 e. The van der Waals surface area contributed by atoms with Gasteiger partial charge in [0.2, 0.25) is 11.9 Å². The number of hydroxylamine groups is 1. The molecule has 1 aliphatic heterocycles. The minimum absolute atomic E-state index is 0.231. The van der Waals surface area contributed by atoms with Crippen molar-refractivity contribution in [1.82, 2.24) is 0 Å². The summed E-state index contributed by atoms with van der Waals surface area (Å²) in [7, 11) is 0. The van der Waals surface area contributed by atoms with Crippen molar-refractivity contribution in [1.29, 1.82) is 0 Å². The maximum atomic E-state index is 12.5. The Hall–Kier alpha value is -2.55. The molecule has 106 valence electrons. The Morgan fingerprint density at radius 1 is 0.952 bits per heavy atom. The molecule has 2 aromatic carbocycles. The molecular weight excluding hydrogens is 262 g/mol. The van der Waals surface area contributed by atoms with E-state index in [-0.39, 0.29) is 6.10 Å². The summed E-state index contributed by atoms with van der Waals surface area (Å²) in [6.07, 6.45) is 2.03. The van der Waals surface area contributed by atoms with Crippen LogP contribution in [0.1, 0.15) is 24.5 Å². The Kier molecular flexibility index (Phi) is 3.73. The quantitative estimate of drug-likeness (QED) is 0.633. The number of benzene rings is 2. The normalized spacial score (nSPS) is 18.1. The van der Waals surface area contributed by atoms with Crippen molar-refractivity contribution in [2.75, 3.05) is 0 Å². The van der Waals surface area contributed by atoms with Gasteiger partial charge in [0.25, 0.3) is 0 Å². The average Bonchev–Trinajstić information content (AvgIpc) is 2.55. The Morgan fingerprint density at radius 3 is 2.10 bits per heavy atom. The molecule has 1 atom stereocenters. The summed E-state index contributed by atoms with van der Waals surface area (Å²) in [4.78, 5) is 0. The van der Waals surface area contributed by atoms with E-state index in [2.05, 4.69) is 0 Å². The highest BCUT2D eigenvalue weighted by atomic mass is 16.5. The Morgan fingerprint density at radius 2 is 1.52 bits per heavy atom.